The second-order valence-corrected chi connectivity index (χ2v) is 7.01. The van der Waals surface area contributed by atoms with Gasteiger partial charge in [-0.3, -0.25) is 9.59 Å². The number of hydrogen-bond acceptors (Lipinski definition) is 4. The molecule has 0 spiro atoms. The molecule has 0 bridgehead atoms. The molecule has 3 aromatic rings. The molecule has 26 heavy (non-hydrogen) atoms. The number of fused-ring (bicyclic) bond motifs is 1. The zero-order valence-corrected chi connectivity index (χ0v) is 15.0. The number of anilines is 1. The summed E-state index contributed by atoms with van der Waals surface area (Å²) < 4.78 is 0. The van der Waals surface area contributed by atoms with Gasteiger partial charge in [0.2, 0.25) is 0 Å². The van der Waals surface area contributed by atoms with Gasteiger partial charge in [0.25, 0.3) is 11.8 Å². The van der Waals surface area contributed by atoms with Crippen LogP contribution in [0.4, 0.5) is 5.69 Å². The number of benzene rings is 2. The molecule has 0 saturated carbocycles. The van der Waals surface area contributed by atoms with Crippen LogP contribution in [0.2, 0.25) is 0 Å². The first-order valence-corrected chi connectivity index (χ1v) is 9.26. The highest BCUT2D eigenvalue weighted by Crippen LogP contribution is 2.35. The van der Waals surface area contributed by atoms with Crippen LogP contribution in [-0.2, 0) is 5.75 Å². The number of carbonyl (C=O) groups excluding carboxylic acids is 2. The first kappa shape index (κ1) is 16.5. The lowest BCUT2D eigenvalue weighted by Gasteiger charge is -2.13. The summed E-state index contributed by atoms with van der Waals surface area (Å²) in [4.78, 5) is 31.6. The van der Waals surface area contributed by atoms with E-state index in [2.05, 4.69) is 4.98 Å². The van der Waals surface area contributed by atoms with Crippen LogP contribution in [0.25, 0.3) is 0 Å². The fourth-order valence-corrected chi connectivity index (χ4v) is 4.03. The van der Waals surface area contributed by atoms with Gasteiger partial charge in [-0.05, 0) is 30.7 Å². The Kier molecular flexibility index (Phi) is 4.31. The molecular formula is C21H16N2O2S. The van der Waals surface area contributed by atoms with Crippen molar-refractivity contribution in [3.8, 4) is 0 Å². The molecule has 1 aromatic heterocycles. The Morgan fingerprint density at radius 1 is 0.923 bits per heavy atom. The Morgan fingerprint density at radius 2 is 1.58 bits per heavy atom. The third-order valence-electron chi connectivity index (χ3n) is 4.20. The first-order valence-electron chi connectivity index (χ1n) is 8.27. The number of pyridine rings is 1. The number of amides is 2. The van der Waals surface area contributed by atoms with Gasteiger partial charge in [0.05, 0.1) is 16.8 Å². The maximum atomic E-state index is 13.0. The summed E-state index contributed by atoms with van der Waals surface area (Å²) in [5, 5.41) is 0.612. The molecule has 1 aliphatic heterocycles. The summed E-state index contributed by atoms with van der Waals surface area (Å²) in [5.74, 6) is 0.0961. The molecule has 0 fully saturated rings. The fourth-order valence-electron chi connectivity index (χ4n) is 2.99. The number of thioether (sulfide) groups is 1. The van der Waals surface area contributed by atoms with Gasteiger partial charge in [-0.2, -0.15) is 0 Å². The number of carbonyl (C=O) groups is 2. The van der Waals surface area contributed by atoms with Crippen LogP contribution in [0.5, 0.6) is 0 Å². The minimum absolute atomic E-state index is 0.289. The zero-order valence-electron chi connectivity index (χ0n) is 14.2. The SMILES string of the molecule is Cc1cc2c(c(SCc3ccccc3)n1)C(=O)N(c1ccccc1)C2=O. The highest BCUT2D eigenvalue weighted by atomic mass is 32.2. The topological polar surface area (TPSA) is 50.3 Å². The highest BCUT2D eigenvalue weighted by molar-refractivity contribution is 7.98. The number of aryl methyl sites for hydroxylation is 1. The number of para-hydroxylation sites is 1. The van der Waals surface area contributed by atoms with E-state index in [1.165, 1.54) is 16.7 Å². The van der Waals surface area contributed by atoms with Crippen molar-refractivity contribution in [2.45, 2.75) is 17.7 Å². The fraction of sp³-hybridized carbons (Fsp3) is 0.0952. The van der Waals surface area contributed by atoms with Crippen LogP contribution in [0.1, 0.15) is 32.0 Å². The predicted molar refractivity (Wildman–Crippen MR) is 103 cm³/mol. The van der Waals surface area contributed by atoms with E-state index < -0.39 is 0 Å². The molecule has 0 N–H and O–H groups in total. The molecule has 2 aromatic carbocycles. The van der Waals surface area contributed by atoms with Gasteiger partial charge in [-0.25, -0.2) is 9.88 Å². The van der Waals surface area contributed by atoms with Crippen molar-refractivity contribution in [2.75, 3.05) is 4.90 Å². The predicted octanol–water partition coefficient (Wildman–Crippen LogP) is 4.48. The van der Waals surface area contributed by atoms with Crippen LogP contribution in [0.15, 0.2) is 71.8 Å². The lowest BCUT2D eigenvalue weighted by atomic mass is 10.1. The third kappa shape index (κ3) is 2.91. The molecule has 0 atom stereocenters. The number of aromatic nitrogens is 1. The average molecular weight is 360 g/mol. The Labute approximate surface area is 155 Å². The lowest BCUT2D eigenvalue weighted by molar-refractivity contribution is 0.0925. The Morgan fingerprint density at radius 3 is 2.27 bits per heavy atom. The van der Waals surface area contributed by atoms with Crippen LogP contribution in [0, 0.1) is 6.92 Å². The molecule has 4 rings (SSSR count). The van der Waals surface area contributed by atoms with Gasteiger partial charge in [-0.15, -0.1) is 11.8 Å². The normalized spacial score (nSPS) is 13.2. The van der Waals surface area contributed by atoms with Gasteiger partial charge in [0, 0.05) is 11.4 Å². The lowest BCUT2D eigenvalue weighted by Crippen LogP contribution is -2.29. The maximum Gasteiger partial charge on any atom is 0.268 e. The van der Waals surface area contributed by atoms with E-state index in [9.17, 15) is 9.59 Å². The summed E-state index contributed by atoms with van der Waals surface area (Å²) in [7, 11) is 0. The molecular weight excluding hydrogens is 344 g/mol. The molecule has 0 radical (unpaired) electrons. The average Bonchev–Trinajstić information content (AvgIpc) is 2.92. The largest absolute Gasteiger partial charge is 0.268 e. The van der Waals surface area contributed by atoms with E-state index in [-0.39, 0.29) is 11.8 Å². The minimum Gasteiger partial charge on any atom is -0.268 e. The van der Waals surface area contributed by atoms with Crippen molar-refractivity contribution in [2.24, 2.45) is 0 Å². The Balaban J connectivity index is 1.71. The van der Waals surface area contributed by atoms with E-state index in [0.717, 1.165) is 11.3 Å². The van der Waals surface area contributed by atoms with E-state index in [0.29, 0.717) is 27.6 Å². The van der Waals surface area contributed by atoms with E-state index in [1.54, 1.807) is 18.2 Å². The zero-order chi connectivity index (χ0) is 18.1. The summed E-state index contributed by atoms with van der Waals surface area (Å²) in [6.45, 7) is 1.84. The molecule has 128 valence electrons. The molecule has 1 aliphatic rings. The molecule has 0 unspecified atom stereocenters. The van der Waals surface area contributed by atoms with Crippen molar-refractivity contribution in [1.29, 1.82) is 0 Å². The van der Waals surface area contributed by atoms with Crippen LogP contribution in [-0.4, -0.2) is 16.8 Å². The van der Waals surface area contributed by atoms with E-state index in [4.69, 9.17) is 0 Å². The Hall–Kier alpha value is -2.92. The quantitative estimate of drug-likeness (QED) is 0.508. The van der Waals surface area contributed by atoms with Gasteiger partial charge in [0.1, 0.15) is 5.03 Å². The summed E-state index contributed by atoms with van der Waals surface area (Å²) in [5.41, 5.74) is 3.30. The van der Waals surface area contributed by atoms with Crippen molar-refractivity contribution in [1.82, 2.24) is 4.98 Å². The van der Waals surface area contributed by atoms with Gasteiger partial charge >= 0.3 is 0 Å². The monoisotopic (exact) mass is 360 g/mol. The summed E-state index contributed by atoms with van der Waals surface area (Å²) >= 11 is 1.49. The first-order chi connectivity index (χ1) is 12.6. The number of hydrogen-bond donors (Lipinski definition) is 0. The second-order valence-electron chi connectivity index (χ2n) is 6.05. The number of nitrogens with zero attached hydrogens (tertiary/aromatic N) is 2. The molecule has 4 nitrogen and oxygen atoms in total. The second kappa shape index (κ2) is 6.77. The van der Waals surface area contributed by atoms with Crippen LogP contribution >= 0.6 is 11.8 Å². The summed E-state index contributed by atoms with van der Waals surface area (Å²) in [6, 6.07) is 20.7. The molecule has 2 heterocycles. The van der Waals surface area contributed by atoms with Crippen molar-refractivity contribution < 1.29 is 9.59 Å². The minimum atomic E-state index is -0.306. The standard InChI is InChI=1S/C21H16N2O2S/c1-14-12-17-18(19(22-14)26-13-15-8-4-2-5-9-15)21(25)23(20(17)24)16-10-6-3-7-11-16/h2-12H,13H2,1H3. The van der Waals surface area contributed by atoms with Gasteiger partial charge in [-0.1, -0.05) is 48.5 Å². The molecule has 0 aliphatic carbocycles. The van der Waals surface area contributed by atoms with E-state index >= 15 is 0 Å². The smallest absolute Gasteiger partial charge is 0.268 e. The highest BCUT2D eigenvalue weighted by Gasteiger charge is 2.39. The number of rotatable bonds is 4. The molecule has 5 heteroatoms. The van der Waals surface area contributed by atoms with E-state index in [1.807, 2.05) is 55.5 Å². The van der Waals surface area contributed by atoms with Crippen molar-refractivity contribution >= 4 is 29.3 Å². The number of imide groups is 1. The van der Waals surface area contributed by atoms with Crippen molar-refractivity contribution in [3.63, 3.8) is 0 Å². The molecule has 0 saturated heterocycles. The van der Waals surface area contributed by atoms with Crippen molar-refractivity contribution in [3.05, 3.63) is 89.1 Å². The summed E-state index contributed by atoms with van der Waals surface area (Å²) in [6.07, 6.45) is 0. The third-order valence-corrected chi connectivity index (χ3v) is 5.24. The van der Waals surface area contributed by atoms with Gasteiger partial charge in [0.15, 0.2) is 0 Å². The van der Waals surface area contributed by atoms with Crippen LogP contribution < -0.4 is 4.90 Å². The maximum absolute atomic E-state index is 13.0. The van der Waals surface area contributed by atoms with Crippen LogP contribution in [0.3, 0.4) is 0 Å². The molecule has 2 amide bonds. The van der Waals surface area contributed by atoms with Gasteiger partial charge < -0.3 is 0 Å². The Bertz CT molecular complexity index is 988.